The Morgan fingerprint density at radius 1 is 1.05 bits per heavy atom. The Labute approximate surface area is 132 Å². The molecular formula is C14H14Cl2N4O. The van der Waals surface area contributed by atoms with Crippen LogP contribution in [0.25, 0.3) is 0 Å². The van der Waals surface area contributed by atoms with Gasteiger partial charge in [0.2, 0.25) is 0 Å². The number of nitrogen functional groups attached to an aromatic ring is 1. The quantitative estimate of drug-likeness (QED) is 0.755. The topological polar surface area (TPSA) is 98.4 Å². The van der Waals surface area contributed by atoms with Crippen molar-refractivity contribution in [2.75, 3.05) is 10.6 Å². The highest BCUT2D eigenvalue weighted by atomic mass is 35.5. The Hall–Kier alpha value is -1.95. The molecule has 0 heterocycles. The van der Waals surface area contributed by atoms with Gasteiger partial charge in [0.05, 0.1) is 22.1 Å². The summed E-state index contributed by atoms with van der Waals surface area (Å²) in [4.78, 5) is 13.1. The largest absolute Gasteiger partial charge is 0.397 e. The van der Waals surface area contributed by atoms with E-state index in [0.717, 1.165) is 5.56 Å². The van der Waals surface area contributed by atoms with Crippen LogP contribution in [0.4, 0.5) is 21.9 Å². The molecule has 0 fully saturated rings. The van der Waals surface area contributed by atoms with Gasteiger partial charge in [-0.05, 0) is 35.9 Å². The zero-order valence-corrected chi connectivity index (χ0v) is 12.5. The number of rotatable bonds is 3. The van der Waals surface area contributed by atoms with E-state index in [1.54, 1.807) is 36.4 Å². The van der Waals surface area contributed by atoms with Gasteiger partial charge in [0.25, 0.3) is 0 Å². The van der Waals surface area contributed by atoms with Gasteiger partial charge in [-0.15, -0.1) is 0 Å². The van der Waals surface area contributed by atoms with Gasteiger partial charge >= 0.3 is 6.03 Å². The van der Waals surface area contributed by atoms with E-state index >= 15 is 0 Å². The molecule has 0 atom stereocenters. The molecule has 0 saturated heterocycles. The average Bonchev–Trinajstić information content (AvgIpc) is 2.43. The predicted octanol–water partition coefficient (Wildman–Crippen LogP) is 3.25. The molecule has 110 valence electrons. The number of anilines is 3. The van der Waals surface area contributed by atoms with Gasteiger partial charge in [0, 0.05) is 11.6 Å². The summed E-state index contributed by atoms with van der Waals surface area (Å²) in [6, 6.07) is 9.23. The van der Waals surface area contributed by atoms with Crippen molar-refractivity contribution in [2.24, 2.45) is 11.5 Å². The Kier molecular flexibility index (Phi) is 4.57. The summed E-state index contributed by atoms with van der Waals surface area (Å²) in [7, 11) is 0. The number of benzene rings is 2. The highest BCUT2D eigenvalue weighted by Crippen LogP contribution is 2.32. The van der Waals surface area contributed by atoms with E-state index in [1.807, 2.05) is 0 Å². The van der Waals surface area contributed by atoms with Crippen molar-refractivity contribution in [2.45, 2.75) is 6.54 Å². The van der Waals surface area contributed by atoms with Crippen molar-refractivity contribution < 1.29 is 4.79 Å². The first-order valence-electron chi connectivity index (χ1n) is 6.07. The maximum absolute atomic E-state index is 11.8. The standard InChI is InChI=1S/C14H14Cl2N4O/c15-11-4-3-10(6-13(11)18)20(14(19)21)9-2-1-8(7-17)12(16)5-9/h1-6H,7,17-18H2,(H2,19,21). The summed E-state index contributed by atoms with van der Waals surface area (Å²) < 4.78 is 0. The van der Waals surface area contributed by atoms with E-state index in [0.29, 0.717) is 33.7 Å². The number of urea groups is 1. The van der Waals surface area contributed by atoms with Gasteiger partial charge < -0.3 is 17.2 Å². The van der Waals surface area contributed by atoms with Gasteiger partial charge in [0.1, 0.15) is 0 Å². The zero-order valence-electron chi connectivity index (χ0n) is 11.0. The lowest BCUT2D eigenvalue weighted by Gasteiger charge is -2.22. The average molecular weight is 325 g/mol. The monoisotopic (exact) mass is 324 g/mol. The predicted molar refractivity (Wildman–Crippen MR) is 86.9 cm³/mol. The van der Waals surface area contributed by atoms with Crippen LogP contribution in [0.1, 0.15) is 5.56 Å². The fourth-order valence-electron chi connectivity index (χ4n) is 1.91. The minimum atomic E-state index is -0.659. The number of nitrogens with zero attached hydrogens (tertiary/aromatic N) is 1. The van der Waals surface area contributed by atoms with Crippen molar-refractivity contribution in [3.8, 4) is 0 Å². The van der Waals surface area contributed by atoms with Crippen LogP contribution in [0.15, 0.2) is 36.4 Å². The molecule has 2 aromatic carbocycles. The highest BCUT2D eigenvalue weighted by Gasteiger charge is 2.17. The molecule has 5 nitrogen and oxygen atoms in total. The zero-order chi connectivity index (χ0) is 15.6. The van der Waals surface area contributed by atoms with Crippen molar-refractivity contribution in [3.05, 3.63) is 52.0 Å². The number of nitrogens with two attached hydrogens (primary N) is 3. The Balaban J connectivity index is 2.50. The minimum absolute atomic E-state index is 0.309. The first-order valence-corrected chi connectivity index (χ1v) is 6.82. The third-order valence-corrected chi connectivity index (χ3v) is 3.67. The fourth-order valence-corrected chi connectivity index (χ4v) is 2.28. The third kappa shape index (κ3) is 3.21. The second-order valence-corrected chi connectivity index (χ2v) is 5.17. The maximum Gasteiger partial charge on any atom is 0.323 e. The Morgan fingerprint density at radius 2 is 1.67 bits per heavy atom. The molecule has 2 aromatic rings. The molecule has 0 unspecified atom stereocenters. The highest BCUT2D eigenvalue weighted by molar-refractivity contribution is 6.33. The van der Waals surface area contributed by atoms with Crippen molar-refractivity contribution in [1.29, 1.82) is 0 Å². The number of primary amides is 1. The number of carbonyl (C=O) groups is 1. The summed E-state index contributed by atoms with van der Waals surface area (Å²) in [6.45, 7) is 0.309. The van der Waals surface area contributed by atoms with Crippen LogP contribution in [0.3, 0.4) is 0 Å². The van der Waals surface area contributed by atoms with E-state index in [9.17, 15) is 4.79 Å². The number of halogens is 2. The molecule has 2 rings (SSSR count). The number of amides is 2. The molecule has 0 aliphatic heterocycles. The smallest absolute Gasteiger partial charge is 0.323 e. The third-order valence-electron chi connectivity index (χ3n) is 2.97. The summed E-state index contributed by atoms with van der Waals surface area (Å²) in [5.41, 5.74) is 18.9. The molecule has 0 aliphatic rings. The van der Waals surface area contributed by atoms with Gasteiger partial charge in [-0.2, -0.15) is 0 Å². The van der Waals surface area contributed by atoms with Crippen LogP contribution < -0.4 is 22.1 Å². The molecule has 6 N–H and O–H groups in total. The van der Waals surface area contributed by atoms with Crippen LogP contribution in [0.2, 0.25) is 10.0 Å². The van der Waals surface area contributed by atoms with E-state index in [1.165, 1.54) is 4.90 Å². The maximum atomic E-state index is 11.8. The normalized spacial score (nSPS) is 10.4. The summed E-state index contributed by atoms with van der Waals surface area (Å²) in [6.07, 6.45) is 0. The lowest BCUT2D eigenvalue weighted by molar-refractivity contribution is 0.256. The summed E-state index contributed by atoms with van der Waals surface area (Å²) in [5, 5.41) is 0.864. The molecule has 2 amide bonds. The van der Waals surface area contributed by atoms with Crippen LogP contribution in [-0.2, 0) is 6.54 Å². The minimum Gasteiger partial charge on any atom is -0.397 e. The SMILES string of the molecule is NCc1ccc(N(C(N)=O)c2ccc(Cl)c(N)c2)cc1Cl. The lowest BCUT2D eigenvalue weighted by atomic mass is 10.1. The molecule has 21 heavy (non-hydrogen) atoms. The molecule has 0 aliphatic carbocycles. The Morgan fingerprint density at radius 3 is 2.19 bits per heavy atom. The fraction of sp³-hybridized carbons (Fsp3) is 0.0714. The van der Waals surface area contributed by atoms with Crippen LogP contribution in [0.5, 0.6) is 0 Å². The van der Waals surface area contributed by atoms with E-state index in [2.05, 4.69) is 0 Å². The molecule has 0 radical (unpaired) electrons. The molecular weight excluding hydrogens is 311 g/mol. The molecule has 7 heteroatoms. The molecule has 0 bridgehead atoms. The van der Waals surface area contributed by atoms with Gasteiger partial charge in [-0.3, -0.25) is 4.90 Å². The van der Waals surface area contributed by atoms with Crippen LogP contribution in [0, 0.1) is 0 Å². The van der Waals surface area contributed by atoms with Gasteiger partial charge in [-0.1, -0.05) is 29.3 Å². The van der Waals surface area contributed by atoms with E-state index in [4.69, 9.17) is 40.4 Å². The lowest BCUT2D eigenvalue weighted by Crippen LogP contribution is -2.31. The molecule has 0 saturated carbocycles. The number of hydrogen-bond acceptors (Lipinski definition) is 3. The van der Waals surface area contributed by atoms with Crippen LogP contribution >= 0.6 is 23.2 Å². The first kappa shape index (κ1) is 15.4. The van der Waals surface area contributed by atoms with Crippen molar-refractivity contribution >= 4 is 46.3 Å². The van der Waals surface area contributed by atoms with Crippen LogP contribution in [-0.4, -0.2) is 6.03 Å². The summed E-state index contributed by atoms with van der Waals surface area (Å²) in [5.74, 6) is 0. The number of carbonyl (C=O) groups excluding carboxylic acids is 1. The van der Waals surface area contributed by atoms with Gasteiger partial charge in [0.15, 0.2) is 0 Å². The van der Waals surface area contributed by atoms with E-state index < -0.39 is 6.03 Å². The molecule has 0 spiro atoms. The second kappa shape index (κ2) is 6.22. The van der Waals surface area contributed by atoms with Crippen molar-refractivity contribution in [3.63, 3.8) is 0 Å². The Bertz CT molecular complexity index is 691. The molecule has 0 aromatic heterocycles. The number of hydrogen-bond donors (Lipinski definition) is 3. The first-order chi connectivity index (χ1) is 9.93. The summed E-state index contributed by atoms with van der Waals surface area (Å²) >= 11 is 12.0. The van der Waals surface area contributed by atoms with Crippen molar-refractivity contribution in [1.82, 2.24) is 0 Å². The second-order valence-electron chi connectivity index (χ2n) is 4.36. The van der Waals surface area contributed by atoms with E-state index in [-0.39, 0.29) is 0 Å². The van der Waals surface area contributed by atoms with Gasteiger partial charge in [-0.25, -0.2) is 4.79 Å².